The Bertz CT molecular complexity index is 359. The van der Waals surface area contributed by atoms with E-state index >= 15 is 0 Å². The second-order valence-electron chi connectivity index (χ2n) is 5.95. The van der Waals surface area contributed by atoms with Crippen LogP contribution in [0.25, 0.3) is 0 Å². The summed E-state index contributed by atoms with van der Waals surface area (Å²) in [5, 5.41) is 7.39. The van der Waals surface area contributed by atoms with E-state index in [1.165, 1.54) is 25.7 Å². The molecule has 19 heavy (non-hydrogen) atoms. The van der Waals surface area contributed by atoms with E-state index in [1.807, 2.05) is 6.07 Å². The fourth-order valence-corrected chi connectivity index (χ4v) is 2.20. The molecule has 1 aromatic heterocycles. The number of aromatic nitrogens is 1. The molecule has 0 saturated heterocycles. The van der Waals surface area contributed by atoms with E-state index in [-0.39, 0.29) is 0 Å². The van der Waals surface area contributed by atoms with Gasteiger partial charge in [-0.3, -0.25) is 0 Å². The van der Waals surface area contributed by atoms with Crippen molar-refractivity contribution in [2.45, 2.75) is 52.7 Å². The molecule has 2 rings (SSSR count). The second-order valence-corrected chi connectivity index (χ2v) is 5.95. The van der Waals surface area contributed by atoms with Crippen molar-refractivity contribution >= 4 is 0 Å². The molecule has 1 aliphatic carbocycles. The van der Waals surface area contributed by atoms with Gasteiger partial charge in [-0.1, -0.05) is 38.3 Å². The normalized spacial score (nSPS) is 15.9. The Morgan fingerprint density at radius 2 is 2.32 bits per heavy atom. The molecule has 0 aliphatic heterocycles. The lowest BCUT2D eigenvalue weighted by Gasteiger charge is -2.24. The van der Waals surface area contributed by atoms with Crippen molar-refractivity contribution in [2.75, 3.05) is 13.2 Å². The molecular formula is C15H26N2O2. The molecule has 108 valence electrons. The molecule has 0 spiro atoms. The Morgan fingerprint density at radius 3 is 3.00 bits per heavy atom. The molecule has 0 radical (unpaired) electrons. The summed E-state index contributed by atoms with van der Waals surface area (Å²) < 4.78 is 10.9. The first-order valence-electron chi connectivity index (χ1n) is 7.47. The third-order valence-electron chi connectivity index (χ3n) is 3.61. The summed E-state index contributed by atoms with van der Waals surface area (Å²) in [6.07, 6.45) is 5.37. The quantitative estimate of drug-likeness (QED) is 0.698. The highest BCUT2D eigenvalue weighted by Crippen LogP contribution is 2.29. The SMILES string of the molecule is CC(C)CNCc1cc(COCCC2CCC2)on1. The van der Waals surface area contributed by atoms with Crippen LogP contribution in [-0.2, 0) is 17.9 Å². The standard InChI is InChI=1S/C15H26N2O2/c1-12(2)9-16-10-14-8-15(19-17-14)11-18-7-6-13-4-3-5-13/h8,12-13,16H,3-7,9-11H2,1-2H3. The molecule has 1 heterocycles. The number of nitrogens with one attached hydrogen (secondary N) is 1. The van der Waals surface area contributed by atoms with E-state index in [0.29, 0.717) is 12.5 Å². The Morgan fingerprint density at radius 1 is 1.47 bits per heavy atom. The Balaban J connectivity index is 1.57. The zero-order chi connectivity index (χ0) is 13.5. The molecule has 1 N–H and O–H groups in total. The minimum atomic E-state index is 0.546. The lowest BCUT2D eigenvalue weighted by atomic mass is 9.83. The van der Waals surface area contributed by atoms with E-state index in [9.17, 15) is 0 Å². The van der Waals surface area contributed by atoms with Crippen molar-refractivity contribution < 1.29 is 9.26 Å². The van der Waals surface area contributed by atoms with E-state index in [0.717, 1.165) is 37.1 Å². The molecule has 0 amide bonds. The summed E-state index contributed by atoms with van der Waals surface area (Å²) in [6, 6.07) is 1.98. The van der Waals surface area contributed by atoms with Gasteiger partial charge < -0.3 is 14.6 Å². The van der Waals surface area contributed by atoms with Gasteiger partial charge in [0.1, 0.15) is 6.61 Å². The number of nitrogens with zero attached hydrogens (tertiary/aromatic N) is 1. The Hall–Kier alpha value is -0.870. The molecule has 1 fully saturated rings. The van der Waals surface area contributed by atoms with Crippen molar-refractivity contribution in [1.29, 1.82) is 0 Å². The monoisotopic (exact) mass is 266 g/mol. The van der Waals surface area contributed by atoms with E-state index in [4.69, 9.17) is 9.26 Å². The van der Waals surface area contributed by atoms with Crippen molar-refractivity contribution in [3.8, 4) is 0 Å². The second kappa shape index (κ2) is 7.65. The lowest BCUT2D eigenvalue weighted by molar-refractivity contribution is 0.0799. The van der Waals surface area contributed by atoms with Gasteiger partial charge >= 0.3 is 0 Å². The van der Waals surface area contributed by atoms with Crippen LogP contribution in [0.5, 0.6) is 0 Å². The van der Waals surface area contributed by atoms with Crippen molar-refractivity contribution in [3.05, 3.63) is 17.5 Å². The van der Waals surface area contributed by atoms with Gasteiger partial charge in [0.2, 0.25) is 0 Å². The number of rotatable bonds is 9. The minimum absolute atomic E-state index is 0.546. The molecule has 0 aromatic carbocycles. The maximum atomic E-state index is 5.63. The Labute approximate surface area is 115 Å². The first-order valence-corrected chi connectivity index (χ1v) is 7.47. The smallest absolute Gasteiger partial charge is 0.162 e. The van der Waals surface area contributed by atoms with Gasteiger partial charge in [0.15, 0.2) is 5.76 Å². The van der Waals surface area contributed by atoms with Gasteiger partial charge in [0.25, 0.3) is 0 Å². The Kier molecular flexibility index (Phi) is 5.86. The van der Waals surface area contributed by atoms with Crippen LogP contribution in [0.2, 0.25) is 0 Å². The van der Waals surface area contributed by atoms with Crippen molar-refractivity contribution in [2.24, 2.45) is 11.8 Å². The van der Waals surface area contributed by atoms with Crippen LogP contribution < -0.4 is 5.32 Å². The van der Waals surface area contributed by atoms with E-state index in [1.54, 1.807) is 0 Å². The zero-order valence-corrected chi connectivity index (χ0v) is 12.2. The highest BCUT2D eigenvalue weighted by Gasteiger charge is 2.16. The van der Waals surface area contributed by atoms with Gasteiger partial charge in [-0.25, -0.2) is 0 Å². The third-order valence-corrected chi connectivity index (χ3v) is 3.61. The number of hydrogen-bond acceptors (Lipinski definition) is 4. The predicted molar refractivity (Wildman–Crippen MR) is 74.7 cm³/mol. The fraction of sp³-hybridized carbons (Fsp3) is 0.800. The fourth-order valence-electron chi connectivity index (χ4n) is 2.20. The minimum Gasteiger partial charge on any atom is -0.373 e. The number of hydrogen-bond donors (Lipinski definition) is 1. The molecule has 1 aliphatic rings. The van der Waals surface area contributed by atoms with Crippen molar-refractivity contribution in [1.82, 2.24) is 10.5 Å². The largest absolute Gasteiger partial charge is 0.373 e. The van der Waals surface area contributed by atoms with Crippen LogP contribution in [-0.4, -0.2) is 18.3 Å². The van der Waals surface area contributed by atoms with Crippen LogP contribution in [0.15, 0.2) is 10.6 Å². The third kappa shape index (κ3) is 5.33. The van der Waals surface area contributed by atoms with E-state index in [2.05, 4.69) is 24.3 Å². The first-order chi connectivity index (χ1) is 9.24. The van der Waals surface area contributed by atoms with E-state index < -0.39 is 0 Å². The summed E-state index contributed by atoms with van der Waals surface area (Å²) in [4.78, 5) is 0. The summed E-state index contributed by atoms with van der Waals surface area (Å²) in [6.45, 7) is 7.54. The first kappa shape index (κ1) is 14.5. The molecule has 0 unspecified atom stereocenters. The van der Waals surface area contributed by atoms with Gasteiger partial charge in [0, 0.05) is 19.2 Å². The van der Waals surface area contributed by atoms with Crippen LogP contribution >= 0.6 is 0 Å². The maximum absolute atomic E-state index is 5.63. The maximum Gasteiger partial charge on any atom is 0.162 e. The molecule has 0 atom stereocenters. The average Bonchev–Trinajstić information content (AvgIpc) is 2.74. The molecule has 1 aromatic rings. The highest BCUT2D eigenvalue weighted by atomic mass is 16.5. The lowest BCUT2D eigenvalue weighted by Crippen LogP contribution is -2.19. The van der Waals surface area contributed by atoms with Gasteiger partial charge in [-0.05, 0) is 24.8 Å². The van der Waals surface area contributed by atoms with Crippen LogP contribution in [0.3, 0.4) is 0 Å². The highest BCUT2D eigenvalue weighted by molar-refractivity contribution is 5.04. The zero-order valence-electron chi connectivity index (χ0n) is 12.2. The molecular weight excluding hydrogens is 240 g/mol. The molecule has 0 bridgehead atoms. The average molecular weight is 266 g/mol. The van der Waals surface area contributed by atoms with Gasteiger partial charge in [-0.15, -0.1) is 0 Å². The summed E-state index contributed by atoms with van der Waals surface area (Å²) in [5.41, 5.74) is 0.957. The number of ether oxygens (including phenoxy) is 1. The molecule has 1 saturated carbocycles. The molecule has 4 heteroatoms. The summed E-state index contributed by atoms with van der Waals surface area (Å²) in [7, 11) is 0. The topological polar surface area (TPSA) is 47.3 Å². The van der Waals surface area contributed by atoms with Gasteiger partial charge in [-0.2, -0.15) is 0 Å². The van der Waals surface area contributed by atoms with Crippen molar-refractivity contribution in [3.63, 3.8) is 0 Å². The summed E-state index contributed by atoms with van der Waals surface area (Å²) >= 11 is 0. The predicted octanol–water partition coefficient (Wildman–Crippen LogP) is 3.13. The molecule has 4 nitrogen and oxygen atoms in total. The van der Waals surface area contributed by atoms with Gasteiger partial charge in [0.05, 0.1) is 5.69 Å². The van der Waals surface area contributed by atoms with Crippen LogP contribution in [0.4, 0.5) is 0 Å². The van der Waals surface area contributed by atoms with Crippen LogP contribution in [0.1, 0.15) is 51.0 Å². The summed E-state index contributed by atoms with van der Waals surface area (Å²) in [5.74, 6) is 2.39. The van der Waals surface area contributed by atoms with Crippen LogP contribution in [0, 0.1) is 11.8 Å².